The van der Waals surface area contributed by atoms with Crippen molar-refractivity contribution in [2.75, 3.05) is 16.8 Å². The van der Waals surface area contributed by atoms with Crippen LogP contribution in [0.25, 0.3) is 5.57 Å². The van der Waals surface area contributed by atoms with Crippen LogP contribution < -0.4 is 20.7 Å². The lowest BCUT2D eigenvalue weighted by Gasteiger charge is -2.27. The van der Waals surface area contributed by atoms with Gasteiger partial charge in [-0.05, 0) is 45.7 Å². The average Bonchev–Trinajstić information content (AvgIpc) is 3.23. The molecule has 0 radical (unpaired) electrons. The highest BCUT2D eigenvalue weighted by Gasteiger charge is 2.33. The number of aromatic nitrogens is 2. The second kappa shape index (κ2) is 7.39. The maximum Gasteiger partial charge on any atom is 0.261 e. The predicted molar refractivity (Wildman–Crippen MR) is 114 cm³/mol. The zero-order chi connectivity index (χ0) is 20.6. The Bertz CT molecular complexity index is 955. The molecule has 1 fully saturated rings. The molecule has 2 aliphatic heterocycles. The number of hydrogen-bond donors (Lipinski definition) is 2. The van der Waals surface area contributed by atoms with Crippen molar-refractivity contribution in [1.29, 1.82) is 0 Å². The van der Waals surface area contributed by atoms with Crippen molar-refractivity contribution in [3.8, 4) is 5.75 Å². The predicted octanol–water partition coefficient (Wildman–Crippen LogP) is 3.12. The van der Waals surface area contributed by atoms with Gasteiger partial charge >= 0.3 is 0 Å². The summed E-state index contributed by atoms with van der Waals surface area (Å²) in [5, 5.41) is 3.05. The minimum absolute atomic E-state index is 0.239. The molecule has 4 rings (SSSR count). The summed E-state index contributed by atoms with van der Waals surface area (Å²) in [6.45, 7) is 7.31. The highest BCUT2D eigenvalue weighted by molar-refractivity contribution is 6.24. The molecular formula is C22H27N5O2. The van der Waals surface area contributed by atoms with Gasteiger partial charge in [-0.3, -0.25) is 4.79 Å². The fourth-order valence-corrected chi connectivity index (χ4v) is 4.15. The molecule has 0 bridgehead atoms. The van der Waals surface area contributed by atoms with Gasteiger partial charge in [0.2, 0.25) is 0 Å². The molecule has 1 saturated heterocycles. The van der Waals surface area contributed by atoms with Gasteiger partial charge in [0.25, 0.3) is 5.91 Å². The fraction of sp³-hybridized carbons (Fsp3) is 0.409. The van der Waals surface area contributed by atoms with Crippen molar-refractivity contribution in [2.45, 2.75) is 51.7 Å². The lowest BCUT2D eigenvalue weighted by atomic mass is 10.0. The minimum atomic E-state index is -0.329. The SMILES string of the molecule is CC1CCCN1c1cc2c(cc1NC(=O)C(=CN)c1ncccn1)CC(C)(C)O2. The Kier molecular flexibility index (Phi) is 4.90. The van der Waals surface area contributed by atoms with Crippen LogP contribution in [0.2, 0.25) is 0 Å². The number of nitrogens with two attached hydrogens (primary N) is 1. The monoisotopic (exact) mass is 393 g/mol. The fourth-order valence-electron chi connectivity index (χ4n) is 4.15. The van der Waals surface area contributed by atoms with E-state index in [1.165, 1.54) is 6.20 Å². The summed E-state index contributed by atoms with van der Waals surface area (Å²) >= 11 is 0. The first-order valence-corrected chi connectivity index (χ1v) is 10.0. The molecule has 1 aromatic carbocycles. The summed E-state index contributed by atoms with van der Waals surface area (Å²) in [4.78, 5) is 23.7. The van der Waals surface area contributed by atoms with Crippen molar-refractivity contribution in [3.63, 3.8) is 0 Å². The Morgan fingerprint density at radius 2 is 2.10 bits per heavy atom. The van der Waals surface area contributed by atoms with Gasteiger partial charge < -0.3 is 20.7 Å². The number of ether oxygens (including phenoxy) is 1. The first-order valence-electron chi connectivity index (χ1n) is 10.0. The number of amides is 1. The molecule has 0 saturated carbocycles. The molecule has 2 aliphatic rings. The van der Waals surface area contributed by atoms with E-state index in [0.29, 0.717) is 11.9 Å². The highest BCUT2D eigenvalue weighted by Crippen LogP contribution is 2.43. The van der Waals surface area contributed by atoms with E-state index in [4.69, 9.17) is 10.5 Å². The summed E-state index contributed by atoms with van der Waals surface area (Å²) in [6, 6.07) is 6.19. The van der Waals surface area contributed by atoms with E-state index in [0.717, 1.165) is 48.5 Å². The smallest absolute Gasteiger partial charge is 0.261 e. The maximum absolute atomic E-state index is 13.0. The number of rotatable bonds is 4. The van der Waals surface area contributed by atoms with Gasteiger partial charge in [0.05, 0.1) is 16.9 Å². The first-order chi connectivity index (χ1) is 13.9. The van der Waals surface area contributed by atoms with Gasteiger partial charge in [0.1, 0.15) is 11.4 Å². The molecule has 1 atom stereocenters. The second-order valence-corrected chi connectivity index (χ2v) is 8.31. The first kappa shape index (κ1) is 19.2. The van der Waals surface area contributed by atoms with E-state index >= 15 is 0 Å². The molecule has 152 valence electrons. The molecule has 0 spiro atoms. The Morgan fingerprint density at radius 3 is 2.76 bits per heavy atom. The maximum atomic E-state index is 13.0. The Balaban J connectivity index is 1.70. The van der Waals surface area contributed by atoms with E-state index in [2.05, 4.69) is 47.0 Å². The van der Waals surface area contributed by atoms with Gasteiger partial charge in [-0.2, -0.15) is 0 Å². The average molecular weight is 393 g/mol. The number of carbonyl (C=O) groups excluding carboxylic acids is 1. The van der Waals surface area contributed by atoms with Gasteiger partial charge in [0, 0.05) is 49.2 Å². The zero-order valence-electron chi connectivity index (χ0n) is 17.1. The number of carbonyl (C=O) groups is 1. The van der Waals surface area contributed by atoms with Crippen LogP contribution in [0.3, 0.4) is 0 Å². The topological polar surface area (TPSA) is 93.4 Å². The molecule has 29 heavy (non-hydrogen) atoms. The normalized spacial score (nSPS) is 20.3. The third-order valence-electron chi connectivity index (χ3n) is 5.51. The van der Waals surface area contributed by atoms with Crippen LogP contribution in [0.15, 0.2) is 36.8 Å². The summed E-state index contributed by atoms with van der Waals surface area (Å²) in [5.41, 5.74) is 8.55. The van der Waals surface area contributed by atoms with Crippen LogP contribution in [0.5, 0.6) is 5.75 Å². The summed E-state index contributed by atoms with van der Waals surface area (Å²) in [5.74, 6) is 0.863. The zero-order valence-corrected chi connectivity index (χ0v) is 17.1. The van der Waals surface area contributed by atoms with E-state index in [9.17, 15) is 4.79 Å². The lowest BCUT2D eigenvalue weighted by Crippen LogP contribution is -2.28. The van der Waals surface area contributed by atoms with Gasteiger partial charge in [-0.25, -0.2) is 9.97 Å². The van der Waals surface area contributed by atoms with Gasteiger partial charge in [0.15, 0.2) is 5.82 Å². The summed E-state index contributed by atoms with van der Waals surface area (Å²) in [7, 11) is 0. The Labute approximate surface area is 171 Å². The molecule has 2 aromatic rings. The number of benzene rings is 1. The Hall–Kier alpha value is -3.09. The summed E-state index contributed by atoms with van der Waals surface area (Å²) < 4.78 is 6.14. The van der Waals surface area contributed by atoms with Crippen LogP contribution in [-0.2, 0) is 11.2 Å². The molecule has 1 aromatic heterocycles. The lowest BCUT2D eigenvalue weighted by molar-refractivity contribution is -0.111. The molecule has 0 aliphatic carbocycles. The van der Waals surface area contributed by atoms with Gasteiger partial charge in [-0.15, -0.1) is 0 Å². The van der Waals surface area contributed by atoms with Gasteiger partial charge in [-0.1, -0.05) is 0 Å². The van der Waals surface area contributed by atoms with Crippen LogP contribution in [0, 0.1) is 0 Å². The van der Waals surface area contributed by atoms with Crippen molar-refractivity contribution in [3.05, 3.63) is 48.2 Å². The van der Waals surface area contributed by atoms with E-state index in [1.54, 1.807) is 18.5 Å². The van der Waals surface area contributed by atoms with Crippen molar-refractivity contribution in [2.24, 2.45) is 5.73 Å². The number of fused-ring (bicyclic) bond motifs is 1. The second-order valence-electron chi connectivity index (χ2n) is 8.31. The van der Waals surface area contributed by atoms with Crippen LogP contribution in [-0.4, -0.2) is 34.1 Å². The Morgan fingerprint density at radius 1 is 1.34 bits per heavy atom. The summed E-state index contributed by atoms with van der Waals surface area (Å²) in [6.07, 6.45) is 7.48. The van der Waals surface area contributed by atoms with Crippen molar-refractivity contribution >= 4 is 22.9 Å². The number of nitrogens with zero attached hydrogens (tertiary/aromatic N) is 3. The van der Waals surface area contributed by atoms with Crippen LogP contribution in [0.4, 0.5) is 11.4 Å². The molecule has 1 unspecified atom stereocenters. The third-order valence-corrected chi connectivity index (χ3v) is 5.51. The molecule has 1 amide bonds. The largest absolute Gasteiger partial charge is 0.487 e. The molecule has 3 N–H and O–H groups in total. The minimum Gasteiger partial charge on any atom is -0.487 e. The third kappa shape index (κ3) is 3.77. The highest BCUT2D eigenvalue weighted by atomic mass is 16.5. The van der Waals surface area contributed by atoms with E-state index in [-0.39, 0.29) is 17.1 Å². The standard InChI is InChI=1S/C22H27N5O2/c1-14-6-4-9-27(14)18-11-19-15(12-22(2,3)29-19)10-17(18)26-21(28)16(13-23)20-24-7-5-8-25-20/h5,7-8,10-11,13-14H,4,6,9,12,23H2,1-3H3,(H,26,28). The van der Waals surface area contributed by atoms with E-state index < -0.39 is 0 Å². The van der Waals surface area contributed by atoms with Crippen molar-refractivity contribution in [1.82, 2.24) is 9.97 Å². The van der Waals surface area contributed by atoms with Crippen LogP contribution in [0.1, 0.15) is 45.0 Å². The number of hydrogen-bond acceptors (Lipinski definition) is 6. The number of nitrogens with one attached hydrogen (secondary N) is 1. The molecule has 3 heterocycles. The van der Waals surface area contributed by atoms with Crippen molar-refractivity contribution < 1.29 is 9.53 Å². The molecule has 7 heteroatoms. The quantitative estimate of drug-likeness (QED) is 0.775. The van der Waals surface area contributed by atoms with Crippen LogP contribution >= 0.6 is 0 Å². The number of anilines is 2. The van der Waals surface area contributed by atoms with E-state index in [1.807, 2.05) is 6.07 Å². The molecule has 7 nitrogen and oxygen atoms in total. The molecular weight excluding hydrogens is 366 g/mol.